The lowest BCUT2D eigenvalue weighted by atomic mass is 10.1. The molecular weight excluding hydrogens is 226 g/mol. The van der Waals surface area contributed by atoms with Crippen LogP contribution in [0.5, 0.6) is 0 Å². The summed E-state index contributed by atoms with van der Waals surface area (Å²) in [7, 11) is 0. The fourth-order valence-corrected chi connectivity index (χ4v) is 2.45. The molecule has 0 aromatic carbocycles. The number of nitrogens with two attached hydrogens (primary N) is 1. The van der Waals surface area contributed by atoms with E-state index in [1.54, 1.807) is 0 Å². The van der Waals surface area contributed by atoms with E-state index in [1.807, 2.05) is 0 Å². The highest BCUT2D eigenvalue weighted by Crippen LogP contribution is 2.17. The van der Waals surface area contributed by atoms with Gasteiger partial charge in [0.25, 0.3) is 0 Å². The molecule has 1 amide bonds. The van der Waals surface area contributed by atoms with Crippen molar-refractivity contribution in [1.29, 1.82) is 0 Å². The zero-order chi connectivity index (χ0) is 13.4. The third kappa shape index (κ3) is 5.83. The number of amides is 1. The van der Waals surface area contributed by atoms with Crippen LogP contribution in [0.15, 0.2) is 0 Å². The summed E-state index contributed by atoms with van der Waals surface area (Å²) < 4.78 is 0. The molecule has 1 aliphatic heterocycles. The highest BCUT2D eigenvalue weighted by Gasteiger charge is 2.24. The Bertz CT molecular complexity index is 243. The molecular formula is C14H29N3O. The molecule has 4 heteroatoms. The van der Waals surface area contributed by atoms with Crippen molar-refractivity contribution in [1.82, 2.24) is 10.2 Å². The van der Waals surface area contributed by atoms with Gasteiger partial charge in [0.15, 0.2) is 0 Å². The number of unbranched alkanes of at least 4 members (excludes halogenated alkanes) is 2. The van der Waals surface area contributed by atoms with Crippen molar-refractivity contribution in [2.75, 3.05) is 26.2 Å². The molecule has 1 heterocycles. The van der Waals surface area contributed by atoms with Gasteiger partial charge in [0.1, 0.15) is 0 Å². The summed E-state index contributed by atoms with van der Waals surface area (Å²) >= 11 is 0. The molecule has 1 rings (SSSR count). The van der Waals surface area contributed by atoms with Crippen LogP contribution in [0.2, 0.25) is 0 Å². The molecule has 1 aliphatic rings. The molecule has 1 atom stereocenters. The van der Waals surface area contributed by atoms with Gasteiger partial charge >= 0.3 is 0 Å². The fraction of sp³-hybridized carbons (Fsp3) is 0.929. The summed E-state index contributed by atoms with van der Waals surface area (Å²) in [6, 6.07) is 0.627. The maximum absolute atomic E-state index is 11.6. The van der Waals surface area contributed by atoms with Crippen LogP contribution < -0.4 is 11.1 Å². The average molecular weight is 255 g/mol. The standard InChI is InChI=1S/C14H29N3O/c1-12(2)17-9-7-13(11-17)10-16-14(18)6-4-3-5-8-15/h12-13H,3-11,15H2,1-2H3,(H,16,18). The second-order valence-corrected chi connectivity index (χ2v) is 5.65. The molecule has 0 bridgehead atoms. The molecule has 0 spiro atoms. The highest BCUT2D eigenvalue weighted by molar-refractivity contribution is 5.75. The molecule has 1 saturated heterocycles. The van der Waals surface area contributed by atoms with E-state index in [4.69, 9.17) is 5.73 Å². The van der Waals surface area contributed by atoms with Crippen LogP contribution in [-0.2, 0) is 4.79 Å². The lowest BCUT2D eigenvalue weighted by Gasteiger charge is -2.20. The van der Waals surface area contributed by atoms with Gasteiger partial charge < -0.3 is 16.0 Å². The van der Waals surface area contributed by atoms with Crippen LogP contribution >= 0.6 is 0 Å². The molecule has 18 heavy (non-hydrogen) atoms. The summed E-state index contributed by atoms with van der Waals surface area (Å²) in [5, 5.41) is 3.06. The van der Waals surface area contributed by atoms with Crippen molar-refractivity contribution >= 4 is 5.91 Å². The average Bonchev–Trinajstić information content (AvgIpc) is 2.81. The second kappa shape index (κ2) is 8.48. The maximum atomic E-state index is 11.6. The van der Waals surface area contributed by atoms with Crippen LogP contribution in [0, 0.1) is 5.92 Å². The molecule has 4 nitrogen and oxygen atoms in total. The van der Waals surface area contributed by atoms with Crippen molar-refractivity contribution < 1.29 is 4.79 Å². The topological polar surface area (TPSA) is 58.4 Å². The fourth-order valence-electron chi connectivity index (χ4n) is 2.45. The molecule has 1 fully saturated rings. The number of carbonyl (C=O) groups excluding carboxylic acids is 1. The van der Waals surface area contributed by atoms with Crippen molar-refractivity contribution in [2.45, 2.75) is 52.0 Å². The number of carbonyl (C=O) groups is 1. The Morgan fingerprint density at radius 2 is 2.17 bits per heavy atom. The number of nitrogens with zero attached hydrogens (tertiary/aromatic N) is 1. The second-order valence-electron chi connectivity index (χ2n) is 5.65. The first-order valence-electron chi connectivity index (χ1n) is 7.34. The number of rotatable bonds is 8. The minimum atomic E-state index is 0.204. The van der Waals surface area contributed by atoms with E-state index in [0.717, 1.165) is 38.9 Å². The van der Waals surface area contributed by atoms with Crippen LogP contribution in [-0.4, -0.2) is 43.0 Å². The third-order valence-electron chi connectivity index (χ3n) is 3.74. The molecule has 0 radical (unpaired) electrons. The number of likely N-dealkylation sites (tertiary alicyclic amines) is 1. The highest BCUT2D eigenvalue weighted by atomic mass is 16.1. The van der Waals surface area contributed by atoms with Crippen molar-refractivity contribution in [2.24, 2.45) is 11.7 Å². The van der Waals surface area contributed by atoms with E-state index in [1.165, 1.54) is 13.0 Å². The van der Waals surface area contributed by atoms with Gasteiger partial charge in [-0.2, -0.15) is 0 Å². The van der Waals surface area contributed by atoms with Crippen LogP contribution in [0.3, 0.4) is 0 Å². The summed E-state index contributed by atoms with van der Waals surface area (Å²) in [5.74, 6) is 0.843. The molecule has 3 N–H and O–H groups in total. The van der Waals surface area contributed by atoms with E-state index >= 15 is 0 Å². The van der Waals surface area contributed by atoms with Gasteiger partial charge in [0, 0.05) is 25.6 Å². The minimum absolute atomic E-state index is 0.204. The predicted octanol–water partition coefficient (Wildman–Crippen LogP) is 1.35. The van der Waals surface area contributed by atoms with Gasteiger partial charge in [-0.05, 0) is 52.1 Å². The number of hydrogen-bond donors (Lipinski definition) is 2. The van der Waals surface area contributed by atoms with E-state index < -0.39 is 0 Å². The molecule has 0 aromatic heterocycles. The van der Waals surface area contributed by atoms with Crippen LogP contribution in [0.1, 0.15) is 46.0 Å². The predicted molar refractivity (Wildman–Crippen MR) is 75.3 cm³/mol. The van der Waals surface area contributed by atoms with Gasteiger partial charge in [0.2, 0.25) is 5.91 Å². The lowest BCUT2D eigenvalue weighted by Crippen LogP contribution is -2.32. The first kappa shape index (κ1) is 15.4. The Kier molecular flexibility index (Phi) is 7.28. The summed E-state index contributed by atoms with van der Waals surface area (Å²) in [6.45, 7) is 8.35. The van der Waals surface area contributed by atoms with Crippen molar-refractivity contribution in [3.63, 3.8) is 0 Å². The van der Waals surface area contributed by atoms with E-state index in [2.05, 4.69) is 24.1 Å². The smallest absolute Gasteiger partial charge is 0.220 e. The van der Waals surface area contributed by atoms with Gasteiger partial charge in [-0.25, -0.2) is 0 Å². The monoisotopic (exact) mass is 255 g/mol. The Balaban J connectivity index is 2.05. The Morgan fingerprint density at radius 3 is 2.78 bits per heavy atom. The zero-order valence-corrected chi connectivity index (χ0v) is 12.0. The molecule has 106 valence electrons. The number of hydrogen-bond acceptors (Lipinski definition) is 3. The van der Waals surface area contributed by atoms with Gasteiger partial charge in [-0.1, -0.05) is 6.42 Å². The Morgan fingerprint density at radius 1 is 1.39 bits per heavy atom. The van der Waals surface area contributed by atoms with Crippen LogP contribution in [0.4, 0.5) is 0 Å². The molecule has 0 aromatic rings. The summed E-state index contributed by atoms with van der Waals surface area (Å²) in [5.41, 5.74) is 5.42. The molecule has 0 aliphatic carbocycles. The number of nitrogens with one attached hydrogen (secondary N) is 1. The van der Waals surface area contributed by atoms with E-state index in [-0.39, 0.29) is 5.91 Å². The summed E-state index contributed by atoms with van der Waals surface area (Å²) in [6.07, 6.45) is 4.92. The Labute approximate surface area is 111 Å². The third-order valence-corrected chi connectivity index (χ3v) is 3.74. The largest absolute Gasteiger partial charge is 0.356 e. The minimum Gasteiger partial charge on any atom is -0.356 e. The van der Waals surface area contributed by atoms with Gasteiger partial charge in [-0.15, -0.1) is 0 Å². The molecule has 1 unspecified atom stereocenters. The van der Waals surface area contributed by atoms with Gasteiger partial charge in [-0.3, -0.25) is 4.79 Å². The van der Waals surface area contributed by atoms with E-state index in [0.29, 0.717) is 18.4 Å². The first-order chi connectivity index (χ1) is 8.63. The van der Waals surface area contributed by atoms with Crippen molar-refractivity contribution in [3.05, 3.63) is 0 Å². The zero-order valence-electron chi connectivity index (χ0n) is 12.0. The van der Waals surface area contributed by atoms with E-state index in [9.17, 15) is 4.79 Å². The van der Waals surface area contributed by atoms with Gasteiger partial charge in [0.05, 0.1) is 0 Å². The first-order valence-corrected chi connectivity index (χ1v) is 7.34. The lowest BCUT2D eigenvalue weighted by molar-refractivity contribution is -0.121. The molecule has 0 saturated carbocycles. The maximum Gasteiger partial charge on any atom is 0.220 e. The summed E-state index contributed by atoms with van der Waals surface area (Å²) in [4.78, 5) is 14.1. The van der Waals surface area contributed by atoms with Crippen LogP contribution in [0.25, 0.3) is 0 Å². The quantitative estimate of drug-likeness (QED) is 0.644. The Hall–Kier alpha value is -0.610. The SMILES string of the molecule is CC(C)N1CCC(CNC(=O)CCCCCN)C1. The van der Waals surface area contributed by atoms with Crippen molar-refractivity contribution in [3.8, 4) is 0 Å². The normalized spacial score (nSPS) is 20.6.